The van der Waals surface area contributed by atoms with Gasteiger partial charge in [0.15, 0.2) is 0 Å². The van der Waals surface area contributed by atoms with Crippen LogP contribution in [0.15, 0.2) is 0 Å². The van der Waals surface area contributed by atoms with Gasteiger partial charge in [0.2, 0.25) is 0 Å². The third kappa shape index (κ3) is 4.27. The summed E-state index contributed by atoms with van der Waals surface area (Å²) in [7, 11) is 1.79. The van der Waals surface area contributed by atoms with Crippen molar-refractivity contribution in [2.24, 2.45) is 0 Å². The Morgan fingerprint density at radius 3 is 2.33 bits per heavy atom. The molecule has 0 radical (unpaired) electrons. The lowest BCUT2D eigenvalue weighted by Gasteiger charge is -2.01. The summed E-state index contributed by atoms with van der Waals surface area (Å²) in [5, 5.41) is 8.15. The maximum Gasteiger partial charge on any atom is 0.0567 e. The summed E-state index contributed by atoms with van der Waals surface area (Å²) in [5.41, 5.74) is 0. The fourth-order valence-electron chi connectivity index (χ4n) is 0.145. The minimum Gasteiger partial charge on any atom is -0.395 e. The second kappa shape index (κ2) is 3.46. The first-order valence-electron chi connectivity index (χ1n) is 1.78. The Balaban J connectivity index is 2.63. The van der Waals surface area contributed by atoms with Crippen molar-refractivity contribution >= 4 is 12.8 Å². The third-order valence-electron chi connectivity index (χ3n) is 0.424. The topological polar surface area (TPSA) is 23.5 Å². The maximum atomic E-state index is 8.15. The molecule has 0 aromatic heterocycles. The van der Waals surface area contributed by atoms with Crippen LogP contribution in [-0.4, -0.2) is 29.6 Å². The van der Waals surface area contributed by atoms with E-state index in [4.69, 9.17) is 5.11 Å². The zero-order valence-corrected chi connectivity index (χ0v) is 4.65. The SMILES string of the molecule is CN(S)CCO. The van der Waals surface area contributed by atoms with Crippen molar-refractivity contribution < 1.29 is 5.11 Å². The van der Waals surface area contributed by atoms with Gasteiger partial charge in [-0.3, -0.25) is 4.31 Å². The summed E-state index contributed by atoms with van der Waals surface area (Å²) in [5.74, 6) is 0. The highest BCUT2D eigenvalue weighted by molar-refractivity contribution is 7.77. The minimum atomic E-state index is 0.181. The predicted octanol–water partition coefficient (Wildman–Crippen LogP) is -0.245. The van der Waals surface area contributed by atoms with Gasteiger partial charge in [0.1, 0.15) is 0 Å². The van der Waals surface area contributed by atoms with Gasteiger partial charge in [-0.25, -0.2) is 0 Å². The Kier molecular flexibility index (Phi) is 3.62. The van der Waals surface area contributed by atoms with E-state index >= 15 is 0 Å². The van der Waals surface area contributed by atoms with Crippen LogP contribution in [0, 0.1) is 0 Å². The molecule has 0 amide bonds. The summed E-state index contributed by atoms with van der Waals surface area (Å²) in [6, 6.07) is 0. The average molecular weight is 107 g/mol. The summed E-state index contributed by atoms with van der Waals surface area (Å²) in [6.45, 7) is 0.809. The van der Waals surface area contributed by atoms with Crippen molar-refractivity contribution in [1.29, 1.82) is 0 Å². The lowest BCUT2D eigenvalue weighted by atomic mass is 10.7. The first kappa shape index (κ1) is 6.27. The molecule has 0 saturated carbocycles. The number of aliphatic hydroxyl groups excluding tert-OH is 1. The minimum absolute atomic E-state index is 0.181. The molecule has 6 heavy (non-hydrogen) atoms. The standard InChI is InChI=1S/C3H9NOS/c1-4(6)2-3-5/h5-6H,2-3H2,1H3. The van der Waals surface area contributed by atoms with E-state index in [0.717, 1.165) is 0 Å². The van der Waals surface area contributed by atoms with Gasteiger partial charge in [0, 0.05) is 6.54 Å². The zero-order chi connectivity index (χ0) is 4.99. The summed E-state index contributed by atoms with van der Waals surface area (Å²) < 4.78 is 1.62. The van der Waals surface area contributed by atoms with E-state index in [1.807, 2.05) is 0 Å². The van der Waals surface area contributed by atoms with Gasteiger partial charge in [-0.05, 0) is 7.05 Å². The van der Waals surface area contributed by atoms with Crippen molar-refractivity contribution in [3.8, 4) is 0 Å². The molecule has 0 heterocycles. The van der Waals surface area contributed by atoms with E-state index in [2.05, 4.69) is 12.8 Å². The highest BCUT2D eigenvalue weighted by atomic mass is 32.1. The van der Waals surface area contributed by atoms with E-state index in [0.29, 0.717) is 6.54 Å². The molecule has 3 heteroatoms. The van der Waals surface area contributed by atoms with Gasteiger partial charge < -0.3 is 5.11 Å². The average Bonchev–Trinajstić information content (AvgIpc) is 1.35. The zero-order valence-electron chi connectivity index (χ0n) is 3.76. The molecule has 0 aliphatic rings. The van der Waals surface area contributed by atoms with Crippen LogP contribution >= 0.6 is 12.8 Å². The molecule has 2 nitrogen and oxygen atoms in total. The molecule has 0 unspecified atom stereocenters. The van der Waals surface area contributed by atoms with Crippen molar-refractivity contribution in [2.75, 3.05) is 20.2 Å². The number of nitrogens with zero attached hydrogens (tertiary/aromatic N) is 1. The lowest BCUT2D eigenvalue weighted by molar-refractivity contribution is 0.274. The summed E-state index contributed by atoms with van der Waals surface area (Å²) in [6.07, 6.45) is 0. The molecule has 0 saturated heterocycles. The molecule has 0 fully saturated rings. The number of thiol groups is 1. The fourth-order valence-corrected chi connectivity index (χ4v) is 0.234. The van der Waals surface area contributed by atoms with Crippen LogP contribution in [0.4, 0.5) is 0 Å². The van der Waals surface area contributed by atoms with Crippen LogP contribution < -0.4 is 0 Å². The molecule has 0 aliphatic carbocycles. The van der Waals surface area contributed by atoms with E-state index in [1.165, 1.54) is 0 Å². The Morgan fingerprint density at radius 2 is 2.33 bits per heavy atom. The van der Waals surface area contributed by atoms with E-state index in [9.17, 15) is 0 Å². The van der Waals surface area contributed by atoms with Gasteiger partial charge >= 0.3 is 0 Å². The molecule has 0 aromatic carbocycles. The number of hydrogen-bond donors (Lipinski definition) is 2. The second-order valence-electron chi connectivity index (χ2n) is 1.10. The smallest absolute Gasteiger partial charge is 0.0567 e. The van der Waals surface area contributed by atoms with Crippen molar-refractivity contribution in [2.45, 2.75) is 0 Å². The Bertz CT molecular complexity index is 32.0. The Morgan fingerprint density at radius 1 is 1.83 bits per heavy atom. The molecule has 0 rings (SSSR count). The molecule has 1 N–H and O–H groups in total. The molecule has 0 atom stereocenters. The van der Waals surface area contributed by atoms with Crippen LogP contribution in [0.25, 0.3) is 0 Å². The highest BCUT2D eigenvalue weighted by Crippen LogP contribution is 1.80. The number of rotatable bonds is 2. The largest absolute Gasteiger partial charge is 0.395 e. The lowest BCUT2D eigenvalue weighted by Crippen LogP contribution is -2.09. The van der Waals surface area contributed by atoms with Crippen molar-refractivity contribution in [3.05, 3.63) is 0 Å². The molecular formula is C3H9NOS. The number of aliphatic hydroxyl groups is 1. The second-order valence-corrected chi connectivity index (χ2v) is 1.79. The molecule has 0 aliphatic heterocycles. The van der Waals surface area contributed by atoms with Crippen molar-refractivity contribution in [1.82, 2.24) is 4.31 Å². The summed E-state index contributed by atoms with van der Waals surface area (Å²) in [4.78, 5) is 0. The monoisotopic (exact) mass is 107 g/mol. The molecule has 38 valence electrons. The highest BCUT2D eigenvalue weighted by Gasteiger charge is 1.81. The van der Waals surface area contributed by atoms with Crippen LogP contribution in [0.1, 0.15) is 0 Å². The van der Waals surface area contributed by atoms with Crippen molar-refractivity contribution in [3.63, 3.8) is 0 Å². The van der Waals surface area contributed by atoms with Crippen LogP contribution in [0.5, 0.6) is 0 Å². The van der Waals surface area contributed by atoms with Gasteiger partial charge in [0.25, 0.3) is 0 Å². The first-order chi connectivity index (χ1) is 2.77. The maximum absolute atomic E-state index is 8.15. The number of hydrogen-bond acceptors (Lipinski definition) is 3. The fraction of sp³-hybridized carbons (Fsp3) is 1.00. The van der Waals surface area contributed by atoms with Crippen LogP contribution in [-0.2, 0) is 0 Å². The summed E-state index contributed by atoms with van der Waals surface area (Å²) >= 11 is 3.85. The molecular weight excluding hydrogens is 98.1 g/mol. The Labute approximate surface area is 43.3 Å². The molecule has 0 aromatic rings. The number of likely N-dealkylation sites (N-methyl/N-ethyl adjacent to an activating group) is 1. The van der Waals surface area contributed by atoms with Crippen LogP contribution in [0.3, 0.4) is 0 Å². The van der Waals surface area contributed by atoms with E-state index in [-0.39, 0.29) is 6.61 Å². The van der Waals surface area contributed by atoms with E-state index < -0.39 is 0 Å². The normalized spacial score (nSPS) is 10.0. The van der Waals surface area contributed by atoms with Gasteiger partial charge in [0.05, 0.1) is 6.61 Å². The predicted molar refractivity (Wildman–Crippen MR) is 28.7 cm³/mol. The first-order valence-corrected chi connectivity index (χ1v) is 2.18. The van der Waals surface area contributed by atoms with Crippen LogP contribution in [0.2, 0.25) is 0 Å². The quantitative estimate of drug-likeness (QED) is 0.476. The van der Waals surface area contributed by atoms with E-state index in [1.54, 1.807) is 11.4 Å². The molecule has 0 spiro atoms. The van der Waals surface area contributed by atoms with Gasteiger partial charge in [-0.15, -0.1) is 0 Å². The third-order valence-corrected chi connectivity index (χ3v) is 0.624. The Hall–Kier alpha value is 0.270. The molecule has 0 bridgehead atoms. The van der Waals surface area contributed by atoms with Gasteiger partial charge in [-0.2, -0.15) is 0 Å². The van der Waals surface area contributed by atoms with Gasteiger partial charge in [-0.1, -0.05) is 12.8 Å².